The highest BCUT2D eigenvalue weighted by atomic mass is 16.6. The van der Waals surface area contributed by atoms with E-state index in [-0.39, 0.29) is 0 Å². The third-order valence-electron chi connectivity index (χ3n) is 3.20. The summed E-state index contributed by atoms with van der Waals surface area (Å²) in [6, 6.07) is 9.30. The van der Waals surface area contributed by atoms with Crippen LogP contribution in [0.1, 0.15) is 31.1 Å². The first-order chi connectivity index (χ1) is 10.8. The number of benzene rings is 1. The molecule has 23 heavy (non-hydrogen) atoms. The predicted molar refractivity (Wildman–Crippen MR) is 88.0 cm³/mol. The molecule has 6 nitrogen and oxygen atoms in total. The lowest BCUT2D eigenvalue weighted by molar-refractivity contribution is 0.00716. The molecular formula is C17H18N4O2. The quantitative estimate of drug-likeness (QED) is 0.581. The van der Waals surface area contributed by atoms with Crippen molar-refractivity contribution in [1.82, 2.24) is 14.6 Å². The average molecular weight is 310 g/mol. The maximum absolute atomic E-state index is 12.3. The second kappa shape index (κ2) is 5.39. The molecular weight excluding hydrogens is 292 g/mol. The number of rotatable bonds is 2. The van der Waals surface area contributed by atoms with Crippen molar-refractivity contribution in [3.63, 3.8) is 0 Å². The first-order valence-corrected chi connectivity index (χ1v) is 7.27. The minimum atomic E-state index is -0.573. The minimum absolute atomic E-state index is 0.339. The Labute approximate surface area is 133 Å². The van der Waals surface area contributed by atoms with Crippen LogP contribution >= 0.6 is 0 Å². The van der Waals surface area contributed by atoms with Gasteiger partial charge in [0.05, 0.1) is 11.9 Å². The summed E-state index contributed by atoms with van der Waals surface area (Å²) in [5.74, 6) is -0.440. The van der Waals surface area contributed by atoms with Gasteiger partial charge in [-0.3, -0.25) is 0 Å². The number of esters is 1. The lowest BCUT2D eigenvalue weighted by atomic mass is 10.1. The van der Waals surface area contributed by atoms with E-state index < -0.39 is 11.6 Å². The van der Waals surface area contributed by atoms with Gasteiger partial charge in [0, 0.05) is 17.4 Å². The van der Waals surface area contributed by atoms with Gasteiger partial charge in [-0.05, 0) is 39.0 Å². The number of carbonyl (C=O) groups is 1. The Kier molecular flexibility index (Phi) is 3.52. The summed E-state index contributed by atoms with van der Waals surface area (Å²) in [4.78, 5) is 16.6. The lowest BCUT2D eigenvalue weighted by Crippen LogP contribution is -2.23. The summed E-state index contributed by atoms with van der Waals surface area (Å²) in [5.41, 5.74) is 8.43. The van der Waals surface area contributed by atoms with Crippen molar-refractivity contribution in [3.8, 4) is 11.3 Å². The molecule has 0 fully saturated rings. The van der Waals surface area contributed by atoms with Gasteiger partial charge in [0.1, 0.15) is 11.2 Å². The van der Waals surface area contributed by atoms with Gasteiger partial charge in [0.2, 0.25) is 0 Å². The Morgan fingerprint density at radius 2 is 2.04 bits per heavy atom. The van der Waals surface area contributed by atoms with E-state index in [2.05, 4.69) is 10.1 Å². The van der Waals surface area contributed by atoms with Crippen LogP contribution in [0.25, 0.3) is 16.9 Å². The molecule has 6 heteroatoms. The highest BCUT2D eigenvalue weighted by Gasteiger charge is 2.22. The second-order valence-electron chi connectivity index (χ2n) is 6.25. The molecule has 118 valence electrons. The lowest BCUT2D eigenvalue weighted by Gasteiger charge is -2.18. The molecule has 0 spiro atoms. The molecule has 0 aliphatic heterocycles. The molecule has 0 bridgehead atoms. The number of nitrogens with zero attached hydrogens (tertiary/aromatic N) is 3. The van der Waals surface area contributed by atoms with Gasteiger partial charge in [-0.25, -0.2) is 14.3 Å². The van der Waals surface area contributed by atoms with Gasteiger partial charge < -0.3 is 10.5 Å². The minimum Gasteiger partial charge on any atom is -0.456 e. The maximum Gasteiger partial charge on any atom is 0.344 e. The van der Waals surface area contributed by atoms with E-state index in [0.717, 1.165) is 11.3 Å². The van der Waals surface area contributed by atoms with E-state index in [1.54, 1.807) is 10.7 Å². The topological polar surface area (TPSA) is 82.5 Å². The molecule has 0 aliphatic rings. The molecule has 0 saturated heterocycles. The summed E-state index contributed by atoms with van der Waals surface area (Å²) in [5, 5.41) is 4.29. The average Bonchev–Trinajstić information content (AvgIpc) is 2.89. The fraction of sp³-hybridized carbons (Fsp3) is 0.235. The number of nitrogens with two attached hydrogens (primary N) is 1. The Balaban J connectivity index is 2.09. The largest absolute Gasteiger partial charge is 0.456 e. The summed E-state index contributed by atoms with van der Waals surface area (Å²) < 4.78 is 7.02. The SMILES string of the molecule is CC(C)(C)OC(=O)c1cnn2c(-c3cccc(N)c3)ccnc12. The van der Waals surface area contributed by atoms with Gasteiger partial charge in [0.25, 0.3) is 0 Å². The third-order valence-corrected chi connectivity index (χ3v) is 3.20. The molecule has 0 amide bonds. The molecule has 0 saturated carbocycles. The molecule has 1 aromatic carbocycles. The zero-order valence-electron chi connectivity index (χ0n) is 13.3. The zero-order chi connectivity index (χ0) is 16.6. The number of nitrogen functional groups attached to an aromatic ring is 1. The fourth-order valence-corrected chi connectivity index (χ4v) is 2.29. The monoisotopic (exact) mass is 310 g/mol. The van der Waals surface area contributed by atoms with Gasteiger partial charge in [-0.15, -0.1) is 0 Å². The van der Waals surface area contributed by atoms with Gasteiger partial charge in [-0.1, -0.05) is 12.1 Å². The number of fused-ring (bicyclic) bond motifs is 1. The number of hydrogen-bond acceptors (Lipinski definition) is 5. The Bertz CT molecular complexity index is 878. The normalized spacial score (nSPS) is 11.6. The van der Waals surface area contributed by atoms with Crippen molar-refractivity contribution in [3.05, 3.63) is 48.3 Å². The van der Waals surface area contributed by atoms with E-state index in [0.29, 0.717) is 16.9 Å². The Hall–Kier alpha value is -2.89. The van der Waals surface area contributed by atoms with Crippen LogP contribution in [0, 0.1) is 0 Å². The van der Waals surface area contributed by atoms with Crippen LogP contribution in [0.15, 0.2) is 42.7 Å². The van der Waals surface area contributed by atoms with Crippen molar-refractivity contribution in [2.45, 2.75) is 26.4 Å². The second-order valence-corrected chi connectivity index (χ2v) is 6.25. The van der Waals surface area contributed by atoms with E-state index >= 15 is 0 Å². The van der Waals surface area contributed by atoms with Gasteiger partial charge in [-0.2, -0.15) is 5.10 Å². The van der Waals surface area contributed by atoms with Crippen LogP contribution in [0.4, 0.5) is 5.69 Å². The van der Waals surface area contributed by atoms with Crippen molar-refractivity contribution in [1.29, 1.82) is 0 Å². The molecule has 2 N–H and O–H groups in total. The number of carbonyl (C=O) groups excluding carboxylic acids is 1. The third kappa shape index (κ3) is 3.01. The van der Waals surface area contributed by atoms with E-state index in [4.69, 9.17) is 10.5 Å². The summed E-state index contributed by atoms with van der Waals surface area (Å²) in [7, 11) is 0. The summed E-state index contributed by atoms with van der Waals surface area (Å²) >= 11 is 0. The van der Waals surface area contributed by atoms with Crippen LogP contribution in [0.3, 0.4) is 0 Å². The predicted octanol–water partition coefficient (Wildman–Crippen LogP) is 2.93. The van der Waals surface area contributed by atoms with Crippen LogP contribution < -0.4 is 5.73 Å². The van der Waals surface area contributed by atoms with Crippen LogP contribution in [-0.2, 0) is 4.74 Å². The van der Waals surface area contributed by atoms with Crippen LogP contribution in [0.2, 0.25) is 0 Å². The molecule has 2 aromatic heterocycles. The summed E-state index contributed by atoms with van der Waals surface area (Å²) in [6.45, 7) is 5.46. The molecule has 0 atom stereocenters. The Morgan fingerprint density at radius 1 is 1.26 bits per heavy atom. The smallest absolute Gasteiger partial charge is 0.344 e. The zero-order valence-corrected chi connectivity index (χ0v) is 13.3. The molecule has 0 unspecified atom stereocenters. The molecule has 3 aromatic rings. The number of hydrogen-bond donors (Lipinski definition) is 1. The molecule has 3 rings (SSSR count). The molecule has 0 radical (unpaired) electrons. The fourth-order valence-electron chi connectivity index (χ4n) is 2.29. The standard InChI is InChI=1S/C17H18N4O2/c1-17(2,3)23-16(22)13-10-20-21-14(7-8-19-15(13)21)11-5-4-6-12(18)9-11/h4-10H,18H2,1-3H3. The number of anilines is 1. The molecule has 0 aliphatic carbocycles. The van der Waals surface area contributed by atoms with Crippen LogP contribution in [0.5, 0.6) is 0 Å². The van der Waals surface area contributed by atoms with Crippen molar-refractivity contribution in [2.24, 2.45) is 0 Å². The number of aromatic nitrogens is 3. The maximum atomic E-state index is 12.3. The first kappa shape index (κ1) is 15.0. The van der Waals surface area contributed by atoms with E-state index in [1.807, 2.05) is 51.1 Å². The highest BCUT2D eigenvalue weighted by Crippen LogP contribution is 2.23. The van der Waals surface area contributed by atoms with Gasteiger partial charge in [0.15, 0.2) is 5.65 Å². The van der Waals surface area contributed by atoms with Crippen molar-refractivity contribution >= 4 is 17.3 Å². The Morgan fingerprint density at radius 3 is 2.74 bits per heavy atom. The van der Waals surface area contributed by atoms with Crippen LogP contribution in [-0.4, -0.2) is 26.2 Å². The van der Waals surface area contributed by atoms with Gasteiger partial charge >= 0.3 is 5.97 Å². The van der Waals surface area contributed by atoms with Crippen molar-refractivity contribution < 1.29 is 9.53 Å². The van der Waals surface area contributed by atoms with E-state index in [1.165, 1.54) is 6.20 Å². The number of ether oxygens (including phenoxy) is 1. The molecule has 2 heterocycles. The highest BCUT2D eigenvalue weighted by molar-refractivity contribution is 5.96. The van der Waals surface area contributed by atoms with E-state index in [9.17, 15) is 4.79 Å². The first-order valence-electron chi connectivity index (χ1n) is 7.27. The van der Waals surface area contributed by atoms with Crippen molar-refractivity contribution in [2.75, 3.05) is 5.73 Å². The summed E-state index contributed by atoms with van der Waals surface area (Å²) in [6.07, 6.45) is 3.12.